The zero-order valence-electron chi connectivity index (χ0n) is 22.3. The van der Waals surface area contributed by atoms with Gasteiger partial charge in [-0.05, 0) is 49.3 Å². The minimum absolute atomic E-state index is 0.0244. The Labute approximate surface area is 253 Å². The molecule has 0 bridgehead atoms. The molecule has 0 saturated heterocycles. The number of allylic oxidation sites excluding steroid dienone is 2. The van der Waals surface area contributed by atoms with Crippen LogP contribution in [0, 0.1) is 11.8 Å². The number of carbonyl (C=O) groups excluding carboxylic acids is 4. The minimum atomic E-state index is -0.506. The molecule has 2 aliphatic carbocycles. The van der Waals surface area contributed by atoms with Gasteiger partial charge in [0.05, 0.1) is 46.1 Å². The summed E-state index contributed by atoms with van der Waals surface area (Å²) < 4.78 is 9.70. The van der Waals surface area contributed by atoms with Crippen molar-refractivity contribution >= 4 is 69.9 Å². The van der Waals surface area contributed by atoms with Crippen LogP contribution in [0.1, 0.15) is 49.7 Å². The van der Waals surface area contributed by atoms with Gasteiger partial charge in [0, 0.05) is 24.7 Å². The van der Waals surface area contributed by atoms with E-state index in [9.17, 15) is 19.2 Å². The van der Waals surface area contributed by atoms with E-state index in [0.29, 0.717) is 42.4 Å². The van der Waals surface area contributed by atoms with E-state index in [4.69, 9.17) is 55.9 Å². The molecule has 2 aromatic rings. The van der Waals surface area contributed by atoms with E-state index in [1.54, 1.807) is 50.2 Å². The fraction of sp³-hybridized carbons (Fsp3) is 0.333. The Kier molecular flexibility index (Phi) is 11.0. The largest absolute Gasteiger partial charge is 0.469 e. The summed E-state index contributed by atoms with van der Waals surface area (Å²) in [5.41, 5.74) is 2.79. The highest BCUT2D eigenvalue weighted by Crippen LogP contribution is 2.43. The Balaban J connectivity index is 0.000000220. The molecule has 4 atom stereocenters. The molecule has 0 heterocycles. The number of carbonyl (C=O) groups is 4. The molecule has 0 radical (unpaired) electrons. The molecule has 4 rings (SSSR count). The third-order valence-corrected chi connectivity index (χ3v) is 8.74. The van der Waals surface area contributed by atoms with Crippen molar-refractivity contribution in [2.75, 3.05) is 14.2 Å². The monoisotopic (exact) mass is 624 g/mol. The fourth-order valence-corrected chi connectivity index (χ4v) is 6.15. The summed E-state index contributed by atoms with van der Waals surface area (Å²) >= 11 is 24.5. The van der Waals surface area contributed by atoms with Crippen molar-refractivity contribution < 1.29 is 28.7 Å². The molecule has 40 heavy (non-hydrogen) atoms. The van der Waals surface area contributed by atoms with Crippen LogP contribution >= 0.6 is 46.4 Å². The SMILES string of the molecule is COC(=O)[C@@H]1C(C)=CC(=O)C[C@H]1c1cccc(Cl)c1Cl.COC(=O)[C@H]1C(C)=CC(=O)C[C@@H]1c1cccc(Cl)c1Cl. The van der Waals surface area contributed by atoms with E-state index in [1.165, 1.54) is 26.4 Å². The van der Waals surface area contributed by atoms with Crippen molar-refractivity contribution in [1.82, 2.24) is 0 Å². The molecule has 0 amide bonds. The first-order chi connectivity index (χ1) is 18.9. The fourth-order valence-electron chi connectivity index (χ4n) is 5.26. The Hall–Kier alpha value is -2.64. The standard InChI is InChI=1S/2C15H14Cl2O3/c2*1-8-6-9(18)7-11(13(8)15(19)20-2)10-4-3-5-12(16)14(10)17/h2*3-6,11,13H,7H2,1-2H3/t2*11-,13+/m10/s1. The number of ketones is 2. The Bertz CT molecular complexity index is 1290. The number of rotatable bonds is 4. The van der Waals surface area contributed by atoms with Gasteiger partial charge in [0.15, 0.2) is 11.6 Å². The van der Waals surface area contributed by atoms with E-state index in [1.807, 2.05) is 0 Å². The lowest BCUT2D eigenvalue weighted by Crippen LogP contribution is -2.30. The van der Waals surface area contributed by atoms with E-state index in [0.717, 1.165) is 0 Å². The normalized spacial score (nSPS) is 22.4. The zero-order chi connectivity index (χ0) is 29.7. The van der Waals surface area contributed by atoms with E-state index in [2.05, 4.69) is 0 Å². The summed E-state index contributed by atoms with van der Waals surface area (Å²) in [4.78, 5) is 47.6. The van der Waals surface area contributed by atoms with Gasteiger partial charge in [-0.1, -0.05) is 81.8 Å². The average Bonchev–Trinajstić information content (AvgIpc) is 2.90. The lowest BCUT2D eigenvalue weighted by Gasteiger charge is -2.29. The molecular weight excluding hydrogens is 598 g/mol. The second-order valence-corrected chi connectivity index (χ2v) is 11.2. The van der Waals surface area contributed by atoms with Crippen molar-refractivity contribution in [2.45, 2.75) is 38.5 Å². The predicted molar refractivity (Wildman–Crippen MR) is 156 cm³/mol. The smallest absolute Gasteiger partial charge is 0.313 e. The van der Waals surface area contributed by atoms with Crippen molar-refractivity contribution in [3.63, 3.8) is 0 Å². The summed E-state index contributed by atoms with van der Waals surface area (Å²) in [6.45, 7) is 3.51. The molecule has 0 aliphatic heterocycles. The molecule has 0 spiro atoms. The summed E-state index contributed by atoms with van der Waals surface area (Å²) in [6.07, 6.45) is 3.43. The van der Waals surface area contributed by atoms with Crippen LogP contribution < -0.4 is 0 Å². The van der Waals surface area contributed by atoms with Gasteiger partial charge in [-0.25, -0.2) is 0 Å². The summed E-state index contributed by atoms with van der Waals surface area (Å²) in [5, 5.41) is 1.59. The molecule has 0 unspecified atom stereocenters. The second-order valence-electron chi connectivity index (χ2n) is 9.62. The van der Waals surface area contributed by atoms with Gasteiger partial charge < -0.3 is 9.47 Å². The van der Waals surface area contributed by atoms with Gasteiger partial charge in [0.25, 0.3) is 0 Å². The van der Waals surface area contributed by atoms with Gasteiger partial charge in [-0.15, -0.1) is 0 Å². The first-order valence-electron chi connectivity index (χ1n) is 12.4. The highest BCUT2D eigenvalue weighted by molar-refractivity contribution is 6.43. The zero-order valence-corrected chi connectivity index (χ0v) is 25.3. The highest BCUT2D eigenvalue weighted by Gasteiger charge is 2.38. The van der Waals surface area contributed by atoms with Crippen LogP contribution in [0.5, 0.6) is 0 Å². The Morgan fingerprint density at radius 3 is 1.35 bits per heavy atom. The molecule has 6 nitrogen and oxygen atoms in total. The van der Waals surface area contributed by atoms with Crippen molar-refractivity contribution in [3.8, 4) is 0 Å². The Morgan fingerprint density at radius 2 is 1.02 bits per heavy atom. The summed E-state index contributed by atoms with van der Waals surface area (Å²) in [5.74, 6) is -2.48. The average molecular weight is 626 g/mol. The van der Waals surface area contributed by atoms with Crippen LogP contribution in [0.25, 0.3) is 0 Å². The number of esters is 2. The third kappa shape index (κ3) is 6.98. The van der Waals surface area contributed by atoms with Crippen molar-refractivity contribution in [3.05, 3.63) is 90.9 Å². The second kappa shape index (κ2) is 13.8. The summed E-state index contributed by atoms with van der Waals surface area (Å²) in [6, 6.07) is 10.5. The lowest BCUT2D eigenvalue weighted by atomic mass is 9.75. The van der Waals surface area contributed by atoms with Gasteiger partial charge >= 0.3 is 11.9 Å². The molecule has 2 aliphatic rings. The molecule has 0 fully saturated rings. The molecule has 0 N–H and O–H groups in total. The maximum atomic E-state index is 12.0. The number of halogens is 4. The first-order valence-corrected chi connectivity index (χ1v) is 13.9. The molecule has 0 saturated carbocycles. The van der Waals surface area contributed by atoms with Gasteiger partial charge in [-0.3, -0.25) is 19.2 Å². The number of ether oxygens (including phenoxy) is 2. The van der Waals surface area contributed by atoms with Crippen LogP contribution in [-0.2, 0) is 28.7 Å². The van der Waals surface area contributed by atoms with Crippen molar-refractivity contribution in [2.24, 2.45) is 11.8 Å². The van der Waals surface area contributed by atoms with Crippen LogP contribution in [0.4, 0.5) is 0 Å². The van der Waals surface area contributed by atoms with Crippen LogP contribution in [0.2, 0.25) is 20.1 Å². The summed E-state index contributed by atoms with van der Waals surface area (Å²) in [7, 11) is 2.67. The number of hydrogen-bond acceptors (Lipinski definition) is 6. The molecule has 2 aromatic carbocycles. The van der Waals surface area contributed by atoms with Gasteiger partial charge in [-0.2, -0.15) is 0 Å². The maximum Gasteiger partial charge on any atom is 0.313 e. The van der Waals surface area contributed by atoms with Crippen LogP contribution in [-0.4, -0.2) is 37.7 Å². The topological polar surface area (TPSA) is 86.7 Å². The molecule has 0 aromatic heterocycles. The Morgan fingerprint density at radius 1 is 0.675 bits per heavy atom. The number of benzene rings is 2. The number of hydrogen-bond donors (Lipinski definition) is 0. The maximum absolute atomic E-state index is 12.0. The first kappa shape index (κ1) is 31.9. The molecule has 10 heteroatoms. The predicted octanol–water partition coefficient (Wildman–Crippen LogP) is 7.57. The highest BCUT2D eigenvalue weighted by atomic mass is 35.5. The van der Waals surface area contributed by atoms with Crippen LogP contribution in [0.15, 0.2) is 59.7 Å². The van der Waals surface area contributed by atoms with E-state index < -0.39 is 11.8 Å². The van der Waals surface area contributed by atoms with E-state index in [-0.39, 0.29) is 48.2 Å². The van der Waals surface area contributed by atoms with Crippen molar-refractivity contribution in [1.29, 1.82) is 0 Å². The third-order valence-electron chi connectivity index (χ3n) is 7.08. The quantitative estimate of drug-likeness (QED) is 0.326. The van der Waals surface area contributed by atoms with Gasteiger partial charge in [0.2, 0.25) is 0 Å². The van der Waals surface area contributed by atoms with E-state index >= 15 is 0 Å². The minimum Gasteiger partial charge on any atom is -0.469 e. The lowest BCUT2D eigenvalue weighted by molar-refractivity contribution is -0.146. The van der Waals surface area contributed by atoms with Crippen LogP contribution in [0.3, 0.4) is 0 Å². The molecular formula is C30H28Cl4O6. The molecule has 212 valence electrons. The number of methoxy groups -OCH3 is 2. The van der Waals surface area contributed by atoms with Gasteiger partial charge in [0.1, 0.15) is 0 Å².